The first-order chi connectivity index (χ1) is 32.5. The van der Waals surface area contributed by atoms with E-state index < -0.39 is 36.2 Å². The van der Waals surface area contributed by atoms with E-state index in [2.05, 4.69) is 24.9 Å². The van der Waals surface area contributed by atoms with Gasteiger partial charge in [0.2, 0.25) is 12.1 Å². The number of hydrogen-bond acceptors (Lipinski definition) is 11. The van der Waals surface area contributed by atoms with E-state index >= 15 is 0 Å². The van der Waals surface area contributed by atoms with Gasteiger partial charge in [0.1, 0.15) is 17.5 Å². The molecule has 7 unspecified atom stereocenters. The molecule has 1 saturated carbocycles. The Morgan fingerprint density at radius 1 is 0.940 bits per heavy atom. The van der Waals surface area contributed by atoms with Gasteiger partial charge in [-0.15, -0.1) is 6.58 Å². The van der Waals surface area contributed by atoms with Gasteiger partial charge in [-0.2, -0.15) is 0 Å². The zero-order valence-corrected chi connectivity index (χ0v) is 41.9. The van der Waals surface area contributed by atoms with E-state index in [-0.39, 0.29) is 56.0 Å². The lowest BCUT2D eigenvalue weighted by molar-refractivity contribution is -0.255. The number of hydrogen-bond donors (Lipinski definition) is 3. The molecule has 5 rings (SSSR count). The van der Waals surface area contributed by atoms with Crippen molar-refractivity contribution in [3.05, 3.63) is 48.1 Å². The van der Waals surface area contributed by atoms with Gasteiger partial charge in [-0.3, -0.25) is 4.90 Å². The lowest BCUT2D eigenvalue weighted by Crippen LogP contribution is -2.70. The fourth-order valence-corrected chi connectivity index (χ4v) is 10.6. The molecular formula is C54H87N3O10. The Kier molecular flexibility index (Phi) is 22.8. The first-order valence-electron chi connectivity index (χ1n) is 26.2. The van der Waals surface area contributed by atoms with Crippen LogP contribution in [0, 0.1) is 23.2 Å². The van der Waals surface area contributed by atoms with E-state index in [0.29, 0.717) is 56.2 Å². The second-order valence-corrected chi connectivity index (χ2v) is 20.5. The second kappa shape index (κ2) is 28.1. The normalized spacial score (nSPS) is 25.0. The quantitative estimate of drug-likeness (QED) is 0.0401. The Morgan fingerprint density at radius 3 is 2.31 bits per heavy atom. The maximum atomic E-state index is 14.5. The van der Waals surface area contributed by atoms with E-state index in [1.165, 1.54) is 44.9 Å². The van der Waals surface area contributed by atoms with Gasteiger partial charge in [0.25, 0.3) is 0 Å². The molecule has 2 heterocycles. The minimum Gasteiger partial charge on any atom is -0.459 e. The molecule has 4 aliphatic rings. The summed E-state index contributed by atoms with van der Waals surface area (Å²) in [6.07, 6.45) is 22.8. The molecule has 7 atom stereocenters. The van der Waals surface area contributed by atoms with Crippen molar-refractivity contribution in [2.75, 3.05) is 46.1 Å². The molecule has 2 fully saturated rings. The molecule has 378 valence electrons. The van der Waals surface area contributed by atoms with Gasteiger partial charge in [0.15, 0.2) is 0 Å². The first-order valence-corrected chi connectivity index (χ1v) is 26.2. The molecule has 2 aliphatic carbocycles. The van der Waals surface area contributed by atoms with E-state index in [1.807, 2.05) is 39.8 Å². The van der Waals surface area contributed by atoms with Crippen LogP contribution < -0.4 is 14.8 Å². The number of aliphatic hydroxyl groups is 2. The smallest absolute Gasteiger partial charge is 0.412 e. The number of rotatable bonds is 29. The number of oxime groups is 1. The zero-order chi connectivity index (χ0) is 48.1. The van der Waals surface area contributed by atoms with E-state index in [4.69, 9.17) is 33.7 Å². The molecule has 1 aromatic carbocycles. The highest BCUT2D eigenvalue weighted by Crippen LogP contribution is 2.62. The third-order valence-corrected chi connectivity index (χ3v) is 13.8. The summed E-state index contributed by atoms with van der Waals surface area (Å²) in [5.74, 6) is -1.13. The number of allylic oxidation sites excluding steroid dienone is 1. The van der Waals surface area contributed by atoms with Crippen molar-refractivity contribution < 1.29 is 48.3 Å². The molecule has 67 heavy (non-hydrogen) atoms. The molecular weight excluding hydrogens is 851 g/mol. The van der Waals surface area contributed by atoms with Gasteiger partial charge in [-0.25, -0.2) is 9.59 Å². The number of aliphatic hydroxyl groups excluding tert-OH is 2. The number of nitrogens with zero attached hydrogens (tertiary/aromatic N) is 2. The Labute approximate surface area is 402 Å². The molecule has 0 spiro atoms. The van der Waals surface area contributed by atoms with Crippen molar-refractivity contribution in [1.82, 2.24) is 10.2 Å². The van der Waals surface area contributed by atoms with Gasteiger partial charge in [-0.1, -0.05) is 123 Å². The highest BCUT2D eigenvalue weighted by Gasteiger charge is 2.65. The predicted molar refractivity (Wildman–Crippen MR) is 263 cm³/mol. The van der Waals surface area contributed by atoms with Gasteiger partial charge in [0, 0.05) is 50.6 Å². The van der Waals surface area contributed by atoms with Gasteiger partial charge < -0.3 is 44.1 Å². The van der Waals surface area contributed by atoms with Crippen LogP contribution in [-0.4, -0.2) is 97.3 Å². The summed E-state index contributed by atoms with van der Waals surface area (Å²) in [5.41, 5.74) is 2.24. The van der Waals surface area contributed by atoms with Gasteiger partial charge in [0.05, 0.1) is 31.5 Å². The highest BCUT2D eigenvalue weighted by molar-refractivity contribution is 6.03. The molecule has 0 bridgehead atoms. The average molecular weight is 938 g/mol. The van der Waals surface area contributed by atoms with Crippen LogP contribution in [0.25, 0.3) is 0 Å². The summed E-state index contributed by atoms with van der Waals surface area (Å²) >= 11 is 0. The van der Waals surface area contributed by atoms with Crippen molar-refractivity contribution in [3.8, 4) is 11.5 Å². The van der Waals surface area contributed by atoms with Crippen LogP contribution >= 0.6 is 0 Å². The molecule has 3 N–H and O–H groups in total. The third-order valence-electron chi connectivity index (χ3n) is 13.8. The van der Waals surface area contributed by atoms with Gasteiger partial charge >= 0.3 is 12.2 Å². The Morgan fingerprint density at radius 2 is 1.66 bits per heavy atom. The Balaban J connectivity index is 1.56. The molecule has 13 nitrogen and oxygen atoms in total. The highest BCUT2D eigenvalue weighted by atomic mass is 16.8. The molecule has 2 aliphatic heterocycles. The number of benzene rings is 1. The van der Waals surface area contributed by atoms with Crippen LogP contribution in [0.1, 0.15) is 181 Å². The lowest BCUT2D eigenvalue weighted by Gasteiger charge is -2.60. The van der Waals surface area contributed by atoms with Crippen molar-refractivity contribution in [1.29, 1.82) is 0 Å². The van der Waals surface area contributed by atoms with E-state index in [9.17, 15) is 19.8 Å². The minimum absolute atomic E-state index is 0.0174. The van der Waals surface area contributed by atoms with Crippen LogP contribution in [0.3, 0.4) is 0 Å². The molecule has 1 saturated heterocycles. The summed E-state index contributed by atoms with van der Waals surface area (Å²) < 4.78 is 32.5. The van der Waals surface area contributed by atoms with Crippen molar-refractivity contribution in [3.63, 3.8) is 0 Å². The van der Waals surface area contributed by atoms with Crippen LogP contribution in [0.2, 0.25) is 0 Å². The predicted octanol–water partition coefficient (Wildman–Crippen LogP) is 11.8. The molecule has 13 heteroatoms. The molecule has 0 radical (unpaired) electrons. The summed E-state index contributed by atoms with van der Waals surface area (Å²) in [6, 6.07) is 4.87. The van der Waals surface area contributed by atoms with Crippen LogP contribution in [0.4, 0.5) is 9.59 Å². The monoisotopic (exact) mass is 938 g/mol. The van der Waals surface area contributed by atoms with Gasteiger partial charge in [-0.05, 0) is 92.4 Å². The summed E-state index contributed by atoms with van der Waals surface area (Å²) in [4.78, 5) is 35.9. The number of nitrogens with one attached hydrogen (secondary N) is 1. The molecule has 1 aromatic rings. The number of amides is 2. The van der Waals surface area contributed by atoms with Crippen LogP contribution in [0.15, 0.2) is 47.7 Å². The van der Waals surface area contributed by atoms with E-state index in [1.54, 1.807) is 17.0 Å². The van der Waals surface area contributed by atoms with Crippen molar-refractivity contribution >= 4 is 17.9 Å². The number of fused-ring (bicyclic) bond motifs is 2. The van der Waals surface area contributed by atoms with Crippen molar-refractivity contribution in [2.24, 2.45) is 28.3 Å². The standard InChI is InChI=1S/C54H87N3O10/c1-7-10-11-12-13-14-15-16-17-21-30-55-51(60)65-41-28-29-46-44(37-41)49-42(26-19-23-33-59)40(25-18-22-32-58)36-43-45(56-67-48-27-20-24-35-62-48)38-47(54(66-46,50(43)49)64-34-9-3)57(31-8-2)52(61)63-39-53(4,5)6/h9,28-29,36-37,40,42,47-50,58-59H,3,7-8,10-27,30-35,38-39H2,1-2,4-6H3,(H,55,60). The number of carbonyl (C=O) groups excluding carboxylic acids is 2. The van der Waals surface area contributed by atoms with E-state index in [0.717, 1.165) is 75.3 Å². The second-order valence-electron chi connectivity index (χ2n) is 20.5. The SMILES string of the molecule is C=CCOC12Oc3ccc(OC(=O)NCCCCCCCCCCCC)cc3C3C(CCCCO)C(CCCCO)C=C(C(=NOC4CCCCO4)CC1N(CCC)C(=O)OCC(C)(C)C)C32. The largest absolute Gasteiger partial charge is 0.459 e. The Hall–Kier alpha value is -3.65. The van der Waals surface area contributed by atoms with Crippen LogP contribution in [0.5, 0.6) is 11.5 Å². The summed E-state index contributed by atoms with van der Waals surface area (Å²) in [6.45, 7) is 16.5. The first kappa shape index (κ1) is 54.3. The maximum absolute atomic E-state index is 14.5. The fraction of sp³-hybridized carbons (Fsp3) is 0.759. The molecule has 2 amide bonds. The summed E-state index contributed by atoms with van der Waals surface area (Å²) in [7, 11) is 0. The van der Waals surface area contributed by atoms with Crippen molar-refractivity contribution in [2.45, 2.75) is 193 Å². The minimum atomic E-state index is -1.42. The Bertz CT molecular complexity index is 1720. The zero-order valence-electron chi connectivity index (χ0n) is 41.9. The maximum Gasteiger partial charge on any atom is 0.412 e. The summed E-state index contributed by atoms with van der Waals surface area (Å²) in [5, 5.41) is 27.9. The number of ether oxygens (including phenoxy) is 5. The van der Waals surface area contributed by atoms with Crippen LogP contribution in [-0.2, 0) is 19.0 Å². The fourth-order valence-electron chi connectivity index (χ4n) is 10.6. The average Bonchev–Trinajstić information content (AvgIpc) is 3.31. The topological polar surface area (TPSA) is 158 Å². The third kappa shape index (κ3) is 15.7. The lowest BCUT2D eigenvalue weighted by atomic mass is 9.55. The number of carbonyl (C=O) groups is 2. The number of unbranched alkanes of at least 4 members (excludes halogenated alkanes) is 11. The molecule has 0 aromatic heterocycles.